The molecule has 0 saturated carbocycles. The average molecular weight is 129 g/mol. The van der Waals surface area contributed by atoms with Gasteiger partial charge in [0.05, 0.1) is 6.54 Å². The molecule has 0 amide bonds. The van der Waals surface area contributed by atoms with Crippen LogP contribution in [-0.2, 0) is 4.79 Å². The molecule has 0 fully saturated rings. The molecule has 0 heterocycles. The molecule has 0 spiro atoms. The van der Waals surface area contributed by atoms with Crippen LogP contribution in [0.5, 0.6) is 0 Å². The van der Waals surface area contributed by atoms with Gasteiger partial charge in [0, 0.05) is 37.7 Å². The van der Waals surface area contributed by atoms with E-state index in [1.54, 1.807) is 7.05 Å². The molecule has 2 N–H and O–H groups in total. The maximum atomic E-state index is 9.54. The van der Waals surface area contributed by atoms with E-state index in [9.17, 15) is 4.79 Å². The van der Waals surface area contributed by atoms with Crippen LogP contribution in [0.15, 0.2) is 0 Å². The van der Waals surface area contributed by atoms with Crippen molar-refractivity contribution < 1.29 is 9.90 Å². The van der Waals surface area contributed by atoms with Crippen LogP contribution >= 0.6 is 0 Å². The average Bonchev–Trinajstić information content (AvgIpc) is 1.35. The van der Waals surface area contributed by atoms with E-state index in [-0.39, 0.29) is 44.3 Å². The minimum absolute atomic E-state index is 0. The molecule has 0 aromatic heterocycles. The fraction of sp³-hybridized carbons (Fsp3) is 0.667. The van der Waals surface area contributed by atoms with Gasteiger partial charge in [0.1, 0.15) is 0 Å². The van der Waals surface area contributed by atoms with Crippen molar-refractivity contribution in [2.45, 2.75) is 0 Å². The van der Waals surface area contributed by atoms with Crippen molar-refractivity contribution in [3.8, 4) is 0 Å². The summed E-state index contributed by atoms with van der Waals surface area (Å²) in [4.78, 5) is 9.54. The van der Waals surface area contributed by atoms with Gasteiger partial charge in [-0.2, -0.15) is 0 Å². The van der Waals surface area contributed by atoms with Crippen LogP contribution < -0.4 is 5.32 Å². The number of likely N-dealkylation sites (N-methyl/N-ethyl adjacent to an activating group) is 1. The van der Waals surface area contributed by atoms with E-state index < -0.39 is 5.97 Å². The molecule has 0 atom stereocenters. The van der Waals surface area contributed by atoms with Gasteiger partial charge in [0.2, 0.25) is 0 Å². The summed E-state index contributed by atoms with van der Waals surface area (Å²) in [6.45, 7) is 0.0417. The molecule has 38 valence electrons. The molecule has 0 saturated heterocycles. The van der Waals surface area contributed by atoms with E-state index in [1.807, 2.05) is 0 Å². The Morgan fingerprint density at radius 3 is 2.29 bits per heavy atom. The van der Waals surface area contributed by atoms with Gasteiger partial charge in [0.15, 0.2) is 0 Å². The summed E-state index contributed by atoms with van der Waals surface area (Å²) < 4.78 is 0. The first-order valence-corrected chi connectivity index (χ1v) is 1.63. The molecular formula is C3H7CaNO2. The number of carboxylic acids is 1. The van der Waals surface area contributed by atoms with Gasteiger partial charge in [-0.25, -0.2) is 0 Å². The first-order valence-electron chi connectivity index (χ1n) is 1.63. The quantitative estimate of drug-likeness (QED) is 0.466. The molecule has 0 aliphatic carbocycles. The zero-order valence-electron chi connectivity index (χ0n) is 4.27. The van der Waals surface area contributed by atoms with Gasteiger partial charge in [-0.05, 0) is 7.05 Å². The molecule has 3 nitrogen and oxygen atoms in total. The van der Waals surface area contributed by atoms with E-state index in [0.29, 0.717) is 0 Å². The largest absolute Gasteiger partial charge is 0.480 e. The molecule has 0 bridgehead atoms. The number of aliphatic carboxylic acids is 1. The number of rotatable bonds is 2. The molecule has 0 aliphatic heterocycles. The number of carboxylic acid groups (broad SMARTS) is 1. The molecule has 4 heteroatoms. The number of hydrogen-bond donors (Lipinski definition) is 2. The Balaban J connectivity index is 0. The first kappa shape index (κ1) is 10.6. The van der Waals surface area contributed by atoms with Crippen LogP contribution in [0.25, 0.3) is 0 Å². The second kappa shape index (κ2) is 6.69. The summed E-state index contributed by atoms with van der Waals surface area (Å²) in [5, 5.41) is 10.3. The Morgan fingerprint density at radius 2 is 2.29 bits per heavy atom. The van der Waals surface area contributed by atoms with Gasteiger partial charge in [-0.3, -0.25) is 4.79 Å². The van der Waals surface area contributed by atoms with Crippen LogP contribution in [0.4, 0.5) is 0 Å². The topological polar surface area (TPSA) is 49.3 Å². The molecular weight excluding hydrogens is 122 g/mol. The summed E-state index contributed by atoms with van der Waals surface area (Å²) >= 11 is 0. The summed E-state index contributed by atoms with van der Waals surface area (Å²) in [7, 11) is 1.59. The van der Waals surface area contributed by atoms with Crippen LogP contribution in [0.3, 0.4) is 0 Å². The smallest absolute Gasteiger partial charge is 0.317 e. The Kier molecular flexibility index (Phi) is 10.2. The third kappa shape index (κ3) is 10.8. The molecule has 0 rings (SSSR count). The minimum Gasteiger partial charge on any atom is -0.480 e. The monoisotopic (exact) mass is 129 g/mol. The Morgan fingerprint density at radius 1 is 1.86 bits per heavy atom. The van der Waals surface area contributed by atoms with E-state index >= 15 is 0 Å². The van der Waals surface area contributed by atoms with E-state index in [1.165, 1.54) is 0 Å². The number of nitrogens with one attached hydrogen (secondary N) is 1. The van der Waals surface area contributed by atoms with Crippen molar-refractivity contribution in [2.24, 2.45) is 0 Å². The standard InChI is InChI=1S/C3H7NO2.Ca/c1-4-2-3(5)6;/h4H,2H2,1H3,(H,5,6);. The summed E-state index contributed by atoms with van der Waals surface area (Å²) in [6, 6.07) is 0. The second-order valence-electron chi connectivity index (χ2n) is 0.924. The number of carbonyl (C=O) groups is 1. The zero-order valence-corrected chi connectivity index (χ0v) is 6.48. The van der Waals surface area contributed by atoms with Crippen LogP contribution in [-0.4, -0.2) is 62.4 Å². The van der Waals surface area contributed by atoms with Crippen LogP contribution in [0, 0.1) is 0 Å². The molecule has 0 aromatic rings. The zero-order chi connectivity index (χ0) is 4.99. The Labute approximate surface area is 72.1 Å². The van der Waals surface area contributed by atoms with E-state index in [4.69, 9.17) is 5.11 Å². The normalized spacial score (nSPS) is 7.00. The Hall–Kier alpha value is 0.690. The maximum absolute atomic E-state index is 9.54. The van der Waals surface area contributed by atoms with Crippen molar-refractivity contribution in [2.75, 3.05) is 13.6 Å². The third-order valence-electron chi connectivity index (χ3n) is 0.328. The van der Waals surface area contributed by atoms with Gasteiger partial charge in [-0.1, -0.05) is 0 Å². The molecule has 0 aliphatic rings. The van der Waals surface area contributed by atoms with Crippen molar-refractivity contribution in [3.05, 3.63) is 0 Å². The molecule has 0 aromatic carbocycles. The molecule has 0 unspecified atom stereocenters. The van der Waals surface area contributed by atoms with Gasteiger partial charge >= 0.3 is 5.97 Å². The van der Waals surface area contributed by atoms with Gasteiger partial charge < -0.3 is 10.4 Å². The SMILES string of the molecule is CNCC(=O)O.[Ca]. The van der Waals surface area contributed by atoms with Crippen molar-refractivity contribution in [1.29, 1.82) is 0 Å². The summed E-state index contributed by atoms with van der Waals surface area (Å²) in [6.07, 6.45) is 0. The predicted octanol–water partition coefficient (Wildman–Crippen LogP) is -1.09. The van der Waals surface area contributed by atoms with Gasteiger partial charge in [0.25, 0.3) is 0 Å². The minimum atomic E-state index is -0.822. The van der Waals surface area contributed by atoms with Crippen LogP contribution in [0.2, 0.25) is 0 Å². The fourth-order valence-electron chi connectivity index (χ4n) is 0.151. The first-order chi connectivity index (χ1) is 2.77. The van der Waals surface area contributed by atoms with Crippen molar-refractivity contribution in [1.82, 2.24) is 5.32 Å². The van der Waals surface area contributed by atoms with E-state index in [0.717, 1.165) is 0 Å². The fourth-order valence-corrected chi connectivity index (χ4v) is 0.151. The third-order valence-corrected chi connectivity index (χ3v) is 0.328. The van der Waals surface area contributed by atoms with Crippen LogP contribution in [0.1, 0.15) is 0 Å². The van der Waals surface area contributed by atoms with Crippen molar-refractivity contribution in [3.63, 3.8) is 0 Å². The molecule has 2 radical (unpaired) electrons. The number of hydrogen-bond acceptors (Lipinski definition) is 2. The van der Waals surface area contributed by atoms with Gasteiger partial charge in [-0.15, -0.1) is 0 Å². The molecule has 7 heavy (non-hydrogen) atoms. The maximum Gasteiger partial charge on any atom is 0.317 e. The van der Waals surface area contributed by atoms with Crippen molar-refractivity contribution >= 4 is 43.7 Å². The Bertz CT molecular complexity index is 56.9. The summed E-state index contributed by atoms with van der Waals surface area (Å²) in [5.74, 6) is -0.822. The summed E-state index contributed by atoms with van der Waals surface area (Å²) in [5.41, 5.74) is 0. The predicted molar refractivity (Wildman–Crippen MR) is 27.3 cm³/mol. The second-order valence-corrected chi connectivity index (χ2v) is 0.924. The van der Waals surface area contributed by atoms with E-state index in [2.05, 4.69) is 5.32 Å².